The molecule has 104 valence electrons. The Morgan fingerprint density at radius 1 is 0.882 bits per heavy atom. The minimum atomic E-state index is -5.74. The van der Waals surface area contributed by atoms with Crippen molar-refractivity contribution in [3.8, 4) is 0 Å². The van der Waals surface area contributed by atoms with E-state index in [0.29, 0.717) is 0 Å². The summed E-state index contributed by atoms with van der Waals surface area (Å²) in [5.41, 5.74) is 0. The average Bonchev–Trinajstić information content (AvgIpc) is 2.16. The van der Waals surface area contributed by atoms with E-state index in [9.17, 15) is 31.4 Å². The van der Waals surface area contributed by atoms with E-state index >= 15 is 0 Å². The summed E-state index contributed by atoms with van der Waals surface area (Å²) in [6.45, 7) is 4.58. The Balaban J connectivity index is 0. The summed E-state index contributed by atoms with van der Waals surface area (Å²) in [7, 11) is 0. The van der Waals surface area contributed by atoms with Crippen LogP contribution in [0, 0.1) is 0 Å². The summed E-state index contributed by atoms with van der Waals surface area (Å²) in [4.78, 5) is 0. The maximum Gasteiger partial charge on any atom is 0.385 e. The fourth-order valence-corrected chi connectivity index (χ4v) is 3.94. The summed E-state index contributed by atoms with van der Waals surface area (Å²) in [6, 6.07) is 0. The predicted molar refractivity (Wildman–Crippen MR) is 51.8 cm³/mol. The number of alkyl halides is 6. The van der Waals surface area contributed by atoms with Crippen molar-refractivity contribution < 1.29 is 31.4 Å². The van der Waals surface area contributed by atoms with Crippen molar-refractivity contribution >= 4 is 23.2 Å². The second kappa shape index (κ2) is 9.37. The molecule has 0 spiro atoms. The van der Waals surface area contributed by atoms with Gasteiger partial charge in [-0.3, -0.25) is 0 Å². The van der Waals surface area contributed by atoms with Gasteiger partial charge in [0.25, 0.3) is 0 Å². The van der Waals surface area contributed by atoms with E-state index in [0.717, 1.165) is 0 Å². The number of hydrogen-bond donors (Lipinski definition) is 0. The molecule has 0 aromatic rings. The summed E-state index contributed by atoms with van der Waals surface area (Å²) in [6.07, 6.45) is -13.1. The Morgan fingerprint density at radius 3 is 1.29 bits per heavy atom. The van der Waals surface area contributed by atoms with Gasteiger partial charge in [0.15, 0.2) is 0 Å². The molecule has 8 heteroatoms. The third-order valence-corrected chi connectivity index (χ3v) is 7.29. The van der Waals surface area contributed by atoms with Gasteiger partial charge >= 0.3 is 70.5 Å². The van der Waals surface area contributed by atoms with Crippen molar-refractivity contribution in [3.05, 3.63) is 0 Å². The number of hydrogen-bond acceptors (Lipinski definition) is 1. The molecule has 0 aromatic carbocycles. The molecule has 0 aliphatic carbocycles. The van der Waals surface area contributed by atoms with Crippen molar-refractivity contribution in [3.63, 3.8) is 0 Å². The van der Waals surface area contributed by atoms with Crippen LogP contribution in [0.15, 0.2) is 0 Å². The molecule has 0 atom stereocenters. The van der Waals surface area contributed by atoms with Gasteiger partial charge in [-0.2, -0.15) is 26.3 Å². The summed E-state index contributed by atoms with van der Waals surface area (Å²) in [5, 5.41) is 9.32. The molecule has 0 aliphatic heterocycles. The minimum Gasteiger partial charge on any atom is -0.839 e. The minimum absolute atomic E-state index is 0.103. The van der Waals surface area contributed by atoms with Gasteiger partial charge in [0, 0.05) is 0 Å². The van der Waals surface area contributed by atoms with Crippen LogP contribution in [0.4, 0.5) is 26.3 Å². The van der Waals surface area contributed by atoms with Gasteiger partial charge in [-0.15, -0.1) is 0 Å². The molecule has 0 aliphatic rings. The monoisotopic (exact) mass is 462 g/mol. The van der Waals surface area contributed by atoms with E-state index in [1.165, 1.54) is 12.8 Å². The van der Waals surface area contributed by atoms with E-state index in [1.807, 2.05) is 0 Å². The quantitative estimate of drug-likeness (QED) is 0.358. The number of halogens is 6. The second-order valence-electron chi connectivity index (χ2n) is 3.13. The van der Waals surface area contributed by atoms with E-state index in [1.54, 1.807) is 8.26 Å². The van der Waals surface area contributed by atoms with Crippen LogP contribution in [0.3, 0.4) is 0 Å². The van der Waals surface area contributed by atoms with Crippen LogP contribution in [-0.4, -0.2) is 41.7 Å². The van der Waals surface area contributed by atoms with Crippen LogP contribution in [-0.2, 0) is 0 Å². The first kappa shape index (κ1) is 19.8. The molecule has 0 rings (SSSR count). The Kier molecular flexibility index (Phi) is 10.9. The van der Waals surface area contributed by atoms with Gasteiger partial charge in [0.05, 0.1) is 6.10 Å². The average molecular weight is 462 g/mol. The van der Waals surface area contributed by atoms with Gasteiger partial charge in [-0.25, -0.2) is 0 Å². The fraction of sp³-hybridized carbons (Fsp3) is 1.00. The smallest absolute Gasteiger partial charge is 0.385 e. The zero-order chi connectivity index (χ0) is 14.1. The van der Waals surface area contributed by atoms with Crippen LogP contribution in [0.25, 0.3) is 0 Å². The molecule has 0 saturated heterocycles. The molecule has 0 bridgehead atoms. The van der Waals surface area contributed by atoms with Crippen molar-refractivity contribution in [2.24, 2.45) is 0 Å². The van der Waals surface area contributed by atoms with Crippen LogP contribution in [0.1, 0.15) is 26.7 Å². The summed E-state index contributed by atoms with van der Waals surface area (Å²) in [5.74, 6) is 0. The largest absolute Gasteiger partial charge is 0.839 e. The molecule has 0 N–H and O–H groups in total. The normalized spacial score (nSPS) is 12.4. The molecule has 0 fully saturated rings. The molecule has 1 nitrogen and oxygen atoms in total. The van der Waals surface area contributed by atoms with E-state index in [2.05, 4.69) is 13.8 Å². The van der Waals surface area contributed by atoms with Crippen LogP contribution in [0.2, 0.25) is 8.26 Å². The van der Waals surface area contributed by atoms with E-state index in [4.69, 9.17) is 0 Å². The first-order valence-electron chi connectivity index (χ1n) is 4.99. The molecule has 17 heavy (non-hydrogen) atoms. The van der Waals surface area contributed by atoms with E-state index < -0.39 is 18.5 Å². The van der Waals surface area contributed by atoms with Crippen molar-refractivity contribution in [1.29, 1.82) is 0 Å². The first-order chi connectivity index (χ1) is 7.57. The summed E-state index contributed by atoms with van der Waals surface area (Å²) >= 11 is 0.103. The third-order valence-electron chi connectivity index (χ3n) is 1.36. The molecule has 2 radical (unpaired) electrons. The fourth-order valence-electron chi connectivity index (χ4n) is 0.614. The van der Waals surface area contributed by atoms with Crippen molar-refractivity contribution in [1.82, 2.24) is 0 Å². The zero-order valence-electron chi connectivity index (χ0n) is 9.53. The van der Waals surface area contributed by atoms with Gasteiger partial charge in [-0.1, -0.05) is 0 Å². The van der Waals surface area contributed by atoms with Gasteiger partial charge in [0.1, 0.15) is 0 Å². The van der Waals surface area contributed by atoms with E-state index in [-0.39, 0.29) is 23.2 Å². The molecular formula is C9H15BiF6O. The topological polar surface area (TPSA) is 23.1 Å². The Labute approximate surface area is 108 Å². The van der Waals surface area contributed by atoms with Crippen LogP contribution in [0.5, 0.6) is 0 Å². The van der Waals surface area contributed by atoms with Crippen LogP contribution < -0.4 is 5.11 Å². The molecule has 0 aromatic heterocycles. The van der Waals surface area contributed by atoms with Gasteiger partial charge < -0.3 is 5.11 Å². The predicted octanol–water partition coefficient (Wildman–Crippen LogP) is 3.19. The van der Waals surface area contributed by atoms with Gasteiger partial charge in [-0.05, 0) is 0 Å². The Bertz CT molecular complexity index is 161. The Morgan fingerprint density at radius 2 is 1.18 bits per heavy atom. The van der Waals surface area contributed by atoms with Crippen molar-refractivity contribution in [2.45, 2.75) is 53.4 Å². The second-order valence-corrected chi connectivity index (χ2v) is 8.35. The Hall–Kier alpha value is 0.423. The molecule has 0 saturated carbocycles. The van der Waals surface area contributed by atoms with Crippen LogP contribution >= 0.6 is 0 Å². The SMILES string of the molecule is CC[CH2][Bi+][CH2]CC.[O-]C(C(F)(F)F)C(F)(F)F. The van der Waals surface area contributed by atoms with Crippen molar-refractivity contribution in [2.75, 3.05) is 0 Å². The zero-order valence-corrected chi connectivity index (χ0v) is 13.0. The standard InChI is InChI=1S/C3HF6O.2C3H7.Bi/c4-2(5,6)1(10)3(7,8)9;2*1-3-2;/h1H;2*1,3H2,2H3;/q-1;;;+1. The molecule has 0 amide bonds. The molecular weight excluding hydrogens is 447 g/mol. The number of rotatable bonds is 4. The molecule has 0 heterocycles. The maximum absolute atomic E-state index is 10.9. The first-order valence-corrected chi connectivity index (χ1v) is 9.91. The molecule has 0 unspecified atom stereocenters. The third kappa shape index (κ3) is 12.7. The summed E-state index contributed by atoms with van der Waals surface area (Å²) < 4.78 is 68.7. The maximum atomic E-state index is 10.9. The van der Waals surface area contributed by atoms with Gasteiger partial charge in [0.2, 0.25) is 0 Å².